The van der Waals surface area contributed by atoms with Crippen LogP contribution in [0.3, 0.4) is 0 Å². The highest BCUT2D eigenvalue weighted by molar-refractivity contribution is 5.81. The van der Waals surface area contributed by atoms with Gasteiger partial charge in [0.05, 0.1) is 43.0 Å². The minimum Gasteiger partial charge on any atom is -0.394 e. The zero-order chi connectivity index (χ0) is 18.5. The van der Waals surface area contributed by atoms with E-state index in [9.17, 15) is 14.0 Å². The maximum absolute atomic E-state index is 14.5. The van der Waals surface area contributed by atoms with Crippen molar-refractivity contribution in [3.63, 3.8) is 0 Å². The highest BCUT2D eigenvalue weighted by Crippen LogP contribution is 2.25. The lowest BCUT2D eigenvalue weighted by molar-refractivity contribution is 0.0860. The summed E-state index contributed by atoms with van der Waals surface area (Å²) in [6.07, 6.45) is 5.42. The van der Waals surface area contributed by atoms with Gasteiger partial charge in [0, 0.05) is 6.04 Å². The van der Waals surface area contributed by atoms with E-state index in [1.54, 1.807) is 0 Å². The number of ether oxygens (including phenoxy) is 1. The summed E-state index contributed by atoms with van der Waals surface area (Å²) in [7, 11) is 0. The molecule has 3 rings (SSSR count). The van der Waals surface area contributed by atoms with Crippen LogP contribution in [0, 0.1) is 5.82 Å². The van der Waals surface area contributed by atoms with E-state index in [1.165, 1.54) is 18.6 Å². The Labute approximate surface area is 149 Å². The Hall–Kier alpha value is -2.19. The van der Waals surface area contributed by atoms with E-state index in [-0.39, 0.29) is 37.8 Å². The second kappa shape index (κ2) is 8.46. The fraction of sp³-hybridized carbons (Fsp3) is 0.556. The number of halogens is 1. The second-order valence-electron chi connectivity index (χ2n) is 6.58. The number of benzene rings is 1. The first-order chi connectivity index (χ1) is 12.6. The summed E-state index contributed by atoms with van der Waals surface area (Å²) in [6.45, 7) is 0.142. The van der Waals surface area contributed by atoms with Crippen LogP contribution >= 0.6 is 0 Å². The summed E-state index contributed by atoms with van der Waals surface area (Å²) in [4.78, 5) is 27.4. The van der Waals surface area contributed by atoms with Crippen molar-refractivity contribution in [2.24, 2.45) is 0 Å². The molecule has 7 nitrogen and oxygen atoms in total. The zero-order valence-electron chi connectivity index (χ0n) is 14.6. The Bertz CT molecular complexity index is 871. The van der Waals surface area contributed by atoms with Crippen molar-refractivity contribution in [3.8, 4) is 0 Å². The van der Waals surface area contributed by atoms with Crippen LogP contribution in [-0.4, -0.2) is 40.5 Å². The second-order valence-corrected chi connectivity index (χ2v) is 6.58. The average Bonchev–Trinajstić information content (AvgIpc) is 2.63. The maximum Gasteiger partial charge on any atom is 0.328 e. The molecule has 0 aliphatic heterocycles. The average molecular weight is 365 g/mol. The number of H-pyrrole nitrogens is 1. The van der Waals surface area contributed by atoms with Gasteiger partial charge in [-0.15, -0.1) is 0 Å². The third-order valence-corrected chi connectivity index (χ3v) is 4.73. The maximum atomic E-state index is 14.5. The smallest absolute Gasteiger partial charge is 0.328 e. The van der Waals surface area contributed by atoms with Gasteiger partial charge in [-0.3, -0.25) is 9.36 Å². The van der Waals surface area contributed by atoms with Gasteiger partial charge in [-0.25, -0.2) is 9.18 Å². The number of anilines is 1. The van der Waals surface area contributed by atoms with E-state index in [0.717, 1.165) is 30.3 Å². The third kappa shape index (κ3) is 4.13. The minimum atomic E-state index is -0.565. The van der Waals surface area contributed by atoms with Gasteiger partial charge in [0.15, 0.2) is 0 Å². The molecule has 1 aliphatic rings. The summed E-state index contributed by atoms with van der Waals surface area (Å²) >= 11 is 0. The van der Waals surface area contributed by atoms with Crippen molar-refractivity contribution in [3.05, 3.63) is 38.8 Å². The lowest BCUT2D eigenvalue weighted by Gasteiger charge is -2.24. The monoisotopic (exact) mass is 365 g/mol. The number of aliphatic hydroxyl groups is 1. The summed E-state index contributed by atoms with van der Waals surface area (Å²) in [5, 5.41) is 12.0. The molecule has 0 radical (unpaired) electrons. The van der Waals surface area contributed by atoms with E-state index in [4.69, 9.17) is 9.84 Å². The molecule has 0 amide bonds. The molecule has 3 N–H and O–H groups in total. The molecule has 0 spiro atoms. The molecule has 1 aliphatic carbocycles. The van der Waals surface area contributed by atoms with Crippen molar-refractivity contribution in [2.45, 2.75) is 44.7 Å². The molecular weight excluding hydrogens is 341 g/mol. The van der Waals surface area contributed by atoms with E-state index in [1.807, 2.05) is 0 Å². The van der Waals surface area contributed by atoms with Gasteiger partial charge in [-0.1, -0.05) is 19.3 Å². The van der Waals surface area contributed by atoms with Gasteiger partial charge in [0.2, 0.25) is 0 Å². The molecule has 26 heavy (non-hydrogen) atoms. The lowest BCUT2D eigenvalue weighted by Crippen LogP contribution is -2.36. The van der Waals surface area contributed by atoms with E-state index in [0.29, 0.717) is 11.2 Å². The van der Waals surface area contributed by atoms with Crippen molar-refractivity contribution in [2.75, 3.05) is 25.1 Å². The summed E-state index contributed by atoms with van der Waals surface area (Å²) in [6, 6.07) is 2.88. The van der Waals surface area contributed by atoms with Crippen LogP contribution in [0.2, 0.25) is 0 Å². The summed E-state index contributed by atoms with van der Waals surface area (Å²) in [5.74, 6) is -0.504. The van der Waals surface area contributed by atoms with Crippen molar-refractivity contribution < 1.29 is 14.2 Å². The predicted octanol–water partition coefficient (Wildman–Crippen LogP) is 1.58. The van der Waals surface area contributed by atoms with Crippen molar-refractivity contribution >= 4 is 16.6 Å². The van der Waals surface area contributed by atoms with Crippen LogP contribution in [-0.2, 0) is 11.3 Å². The van der Waals surface area contributed by atoms with Gasteiger partial charge in [0.25, 0.3) is 5.56 Å². The van der Waals surface area contributed by atoms with Crippen LogP contribution in [0.5, 0.6) is 0 Å². The van der Waals surface area contributed by atoms with Crippen LogP contribution in [0.4, 0.5) is 10.1 Å². The summed E-state index contributed by atoms with van der Waals surface area (Å²) < 4.78 is 20.6. The zero-order valence-corrected chi connectivity index (χ0v) is 14.6. The first-order valence-corrected chi connectivity index (χ1v) is 9.01. The molecular formula is C18H24FN3O4. The minimum absolute atomic E-state index is 0.0355. The van der Waals surface area contributed by atoms with E-state index in [2.05, 4.69) is 10.3 Å². The molecule has 0 bridgehead atoms. The number of nitrogens with zero attached hydrogens (tertiary/aromatic N) is 1. The van der Waals surface area contributed by atoms with E-state index < -0.39 is 17.1 Å². The standard InChI is InChI=1S/C18H24FN3O4/c19-14-10-13-15(11-16(14)20-12-4-2-1-3-5-12)21-18(25)22(17(13)24)6-8-26-9-7-23/h10-12,20,23H,1-9H2,(H,21,25). The number of nitrogens with one attached hydrogen (secondary N) is 2. The predicted molar refractivity (Wildman–Crippen MR) is 97.2 cm³/mol. The number of hydrogen-bond donors (Lipinski definition) is 3. The Morgan fingerprint density at radius 2 is 2.00 bits per heavy atom. The normalized spacial score (nSPS) is 15.5. The molecule has 1 aromatic heterocycles. The molecule has 0 atom stereocenters. The summed E-state index contributed by atoms with van der Waals surface area (Å²) in [5.41, 5.74) is -0.500. The van der Waals surface area contributed by atoms with Crippen molar-refractivity contribution in [1.29, 1.82) is 0 Å². The first kappa shape index (κ1) is 18.6. The molecule has 0 unspecified atom stereocenters. The molecule has 1 heterocycles. The number of rotatable bonds is 7. The Balaban J connectivity index is 1.88. The Morgan fingerprint density at radius 3 is 2.73 bits per heavy atom. The molecule has 1 saturated carbocycles. The molecule has 2 aromatic rings. The SMILES string of the molecule is O=c1[nH]c2cc(NC3CCCCC3)c(F)cc2c(=O)n1CCOCCO. The largest absolute Gasteiger partial charge is 0.394 e. The number of aliphatic hydroxyl groups excluding tert-OH is 1. The van der Waals surface area contributed by atoms with Crippen LogP contribution in [0.15, 0.2) is 21.7 Å². The molecule has 1 aromatic carbocycles. The number of aromatic amines is 1. The van der Waals surface area contributed by atoms with Crippen molar-refractivity contribution in [1.82, 2.24) is 9.55 Å². The lowest BCUT2D eigenvalue weighted by atomic mass is 9.95. The van der Waals surface area contributed by atoms with Crippen LogP contribution < -0.4 is 16.6 Å². The molecule has 142 valence electrons. The van der Waals surface area contributed by atoms with Crippen LogP contribution in [0.25, 0.3) is 10.9 Å². The van der Waals surface area contributed by atoms with Gasteiger partial charge in [-0.05, 0) is 25.0 Å². The van der Waals surface area contributed by atoms with Gasteiger partial charge in [-0.2, -0.15) is 0 Å². The van der Waals surface area contributed by atoms with Crippen LogP contribution in [0.1, 0.15) is 32.1 Å². The molecule has 0 saturated heterocycles. The fourth-order valence-corrected chi connectivity index (χ4v) is 3.38. The number of aromatic nitrogens is 2. The molecule has 8 heteroatoms. The van der Waals surface area contributed by atoms with Gasteiger partial charge >= 0.3 is 5.69 Å². The Morgan fingerprint density at radius 1 is 1.23 bits per heavy atom. The topological polar surface area (TPSA) is 96.4 Å². The first-order valence-electron chi connectivity index (χ1n) is 9.01. The number of fused-ring (bicyclic) bond motifs is 1. The van der Waals surface area contributed by atoms with Gasteiger partial charge < -0.3 is 20.1 Å². The van der Waals surface area contributed by atoms with Gasteiger partial charge in [0.1, 0.15) is 5.82 Å². The number of hydrogen-bond acceptors (Lipinski definition) is 5. The highest BCUT2D eigenvalue weighted by Gasteiger charge is 2.17. The van der Waals surface area contributed by atoms with E-state index >= 15 is 0 Å². The molecule has 1 fully saturated rings. The quantitative estimate of drug-likeness (QED) is 0.648. The fourth-order valence-electron chi connectivity index (χ4n) is 3.38. The third-order valence-electron chi connectivity index (χ3n) is 4.73. The Kier molecular flexibility index (Phi) is 6.05. The highest BCUT2D eigenvalue weighted by atomic mass is 19.1.